The van der Waals surface area contributed by atoms with Crippen molar-refractivity contribution in [3.05, 3.63) is 24.3 Å². The van der Waals surface area contributed by atoms with Gasteiger partial charge >= 0.3 is 0 Å². The molecule has 0 spiro atoms. The Morgan fingerprint density at radius 2 is 0.939 bits per heavy atom. The van der Waals surface area contributed by atoms with E-state index in [1.807, 2.05) is 0 Å². The normalized spacial score (nSPS) is 12.6. The molecule has 0 aliphatic rings. The molecule has 0 radical (unpaired) electrons. The number of hydrazone groups is 1. The Kier molecular flexibility index (Phi) is 36.9. The van der Waals surface area contributed by atoms with Gasteiger partial charge in [-0.25, -0.2) is 0 Å². The molecule has 49 heavy (non-hydrogen) atoms. The van der Waals surface area contributed by atoms with Gasteiger partial charge in [0.1, 0.15) is 0 Å². The third-order valence-electron chi connectivity index (χ3n) is 9.37. The Balaban J connectivity index is 4.20. The van der Waals surface area contributed by atoms with Gasteiger partial charge in [-0.15, -0.1) is 5.10 Å². The van der Waals surface area contributed by atoms with Crippen molar-refractivity contribution in [2.45, 2.75) is 220 Å². The summed E-state index contributed by atoms with van der Waals surface area (Å²) in [5.41, 5.74) is 14.8. The van der Waals surface area contributed by atoms with Crippen molar-refractivity contribution in [3.8, 4) is 0 Å². The average Bonchev–Trinajstić information content (AvgIpc) is 3.09. The van der Waals surface area contributed by atoms with Crippen LogP contribution in [0.2, 0.25) is 0 Å². The molecule has 0 bridgehead atoms. The van der Waals surface area contributed by atoms with Crippen molar-refractivity contribution in [3.63, 3.8) is 0 Å². The zero-order chi connectivity index (χ0) is 35.9. The van der Waals surface area contributed by atoms with Gasteiger partial charge in [-0.2, -0.15) is 5.12 Å². The molecule has 0 aliphatic carbocycles. The van der Waals surface area contributed by atoms with Crippen LogP contribution in [0.4, 0.5) is 0 Å². The highest BCUT2D eigenvalue weighted by atomic mass is 15.7. The molecule has 1 atom stereocenters. The molecular weight excluding hydrogens is 603 g/mol. The molecule has 0 aliphatic heterocycles. The van der Waals surface area contributed by atoms with Crippen LogP contribution < -0.4 is 22.2 Å². The van der Waals surface area contributed by atoms with Gasteiger partial charge in [-0.1, -0.05) is 161 Å². The second-order valence-electron chi connectivity index (χ2n) is 14.3. The van der Waals surface area contributed by atoms with Crippen LogP contribution in [0.15, 0.2) is 34.4 Å². The van der Waals surface area contributed by atoms with Crippen LogP contribution in [0.1, 0.15) is 214 Å². The maximum atomic E-state index is 5.73. The Morgan fingerprint density at radius 3 is 1.35 bits per heavy atom. The molecule has 0 aromatic carbocycles. The Morgan fingerprint density at radius 1 is 0.551 bits per heavy atom. The van der Waals surface area contributed by atoms with Crippen molar-refractivity contribution in [2.75, 3.05) is 13.1 Å². The SMILES string of the molecule is CCCCCCCC/C=C\CCCCCCCCN=C(NCCCCCCCC/C=C\CCCCCCCC)NN(N=C(N)N)C(C)CC. The highest BCUT2D eigenvalue weighted by Gasteiger charge is 2.12. The van der Waals surface area contributed by atoms with E-state index in [9.17, 15) is 0 Å². The number of nitrogens with two attached hydrogens (primary N) is 2. The Labute approximate surface area is 306 Å². The Bertz CT molecular complexity index is 788. The molecule has 0 amide bonds. The van der Waals surface area contributed by atoms with Gasteiger partial charge in [0.15, 0.2) is 0 Å². The molecule has 1 unspecified atom stereocenters. The molecule has 7 nitrogen and oxygen atoms in total. The van der Waals surface area contributed by atoms with Crippen LogP contribution in [-0.4, -0.2) is 36.2 Å². The van der Waals surface area contributed by atoms with E-state index in [1.165, 1.54) is 167 Å². The second kappa shape index (κ2) is 38.6. The van der Waals surface area contributed by atoms with Crippen molar-refractivity contribution in [1.82, 2.24) is 15.9 Å². The van der Waals surface area contributed by atoms with Crippen molar-refractivity contribution in [1.29, 1.82) is 0 Å². The molecule has 288 valence electrons. The lowest BCUT2D eigenvalue weighted by molar-refractivity contribution is 0.173. The van der Waals surface area contributed by atoms with E-state index in [4.69, 9.17) is 16.5 Å². The fourth-order valence-electron chi connectivity index (χ4n) is 5.90. The van der Waals surface area contributed by atoms with Crippen molar-refractivity contribution >= 4 is 11.9 Å². The van der Waals surface area contributed by atoms with Gasteiger partial charge in [-0.05, 0) is 77.6 Å². The molecule has 0 saturated heterocycles. The van der Waals surface area contributed by atoms with Crippen LogP contribution in [0.5, 0.6) is 0 Å². The largest absolute Gasteiger partial charge is 0.369 e. The lowest BCUT2D eigenvalue weighted by Crippen LogP contribution is -2.50. The number of aliphatic imine (C=N–C) groups is 1. The molecule has 0 heterocycles. The van der Waals surface area contributed by atoms with Gasteiger partial charge < -0.3 is 16.8 Å². The summed E-state index contributed by atoms with van der Waals surface area (Å²) in [5, 5.41) is 9.59. The minimum atomic E-state index is 0.0498. The van der Waals surface area contributed by atoms with E-state index >= 15 is 0 Å². The van der Waals surface area contributed by atoms with E-state index in [0.29, 0.717) is 0 Å². The number of hydrazine groups is 1. The fraction of sp³-hybridized carbons (Fsp3) is 0.857. The number of nitrogens with zero attached hydrogens (tertiary/aromatic N) is 3. The van der Waals surface area contributed by atoms with Crippen LogP contribution >= 0.6 is 0 Å². The van der Waals surface area contributed by atoms with Crippen molar-refractivity contribution in [2.24, 2.45) is 21.6 Å². The summed E-state index contributed by atoms with van der Waals surface area (Å²) in [6.45, 7) is 10.5. The average molecular weight is 688 g/mol. The van der Waals surface area contributed by atoms with E-state index in [0.717, 1.165) is 38.3 Å². The van der Waals surface area contributed by atoms with Crippen LogP contribution in [-0.2, 0) is 0 Å². The molecule has 7 heteroatoms. The van der Waals surface area contributed by atoms with Gasteiger partial charge in [0, 0.05) is 13.1 Å². The zero-order valence-electron chi connectivity index (χ0n) is 33.3. The first kappa shape index (κ1) is 46.8. The first-order chi connectivity index (χ1) is 24.0. The number of hydrogen-bond donors (Lipinski definition) is 4. The first-order valence-electron chi connectivity index (χ1n) is 21.3. The van der Waals surface area contributed by atoms with Crippen LogP contribution in [0, 0.1) is 0 Å². The summed E-state index contributed by atoms with van der Waals surface area (Å²) in [6.07, 6.45) is 47.4. The molecular formula is C42H85N7. The first-order valence-corrected chi connectivity index (χ1v) is 21.3. The molecule has 6 N–H and O–H groups in total. The third-order valence-corrected chi connectivity index (χ3v) is 9.37. The monoisotopic (exact) mass is 688 g/mol. The summed E-state index contributed by atoms with van der Waals surface area (Å²) in [6, 6.07) is 0.143. The summed E-state index contributed by atoms with van der Waals surface area (Å²) in [4.78, 5) is 4.89. The number of guanidine groups is 2. The lowest BCUT2D eigenvalue weighted by Gasteiger charge is -2.27. The molecule has 0 aromatic heterocycles. The number of unbranched alkanes of at least 4 members (excludes halogenated alkanes) is 24. The highest BCUT2D eigenvalue weighted by molar-refractivity contribution is 5.80. The van der Waals surface area contributed by atoms with Gasteiger partial charge in [0.2, 0.25) is 11.9 Å². The maximum absolute atomic E-state index is 5.73. The fourth-order valence-corrected chi connectivity index (χ4v) is 5.90. The van der Waals surface area contributed by atoms with E-state index < -0.39 is 0 Å². The van der Waals surface area contributed by atoms with E-state index in [-0.39, 0.29) is 12.0 Å². The summed E-state index contributed by atoms with van der Waals surface area (Å²) < 4.78 is 0. The number of allylic oxidation sites excluding steroid dienone is 4. The number of nitrogens with one attached hydrogen (secondary N) is 2. The predicted molar refractivity (Wildman–Crippen MR) is 220 cm³/mol. The van der Waals surface area contributed by atoms with E-state index in [1.54, 1.807) is 5.12 Å². The van der Waals surface area contributed by atoms with Gasteiger partial charge in [0.25, 0.3) is 0 Å². The standard InChI is InChI=1S/C42H85N7/c1-5-8-10-12-14-16-18-20-22-24-26-28-30-32-34-36-38-45-42(48-49(40(4)7-3)47-41(43)44)46-39-37-35-33-31-29-27-25-23-21-19-17-15-13-11-9-6-2/h20-23,40H,5-19,24-39H2,1-4H3,(H4,43,44,47)(H2,45,46,48)/b22-20-,23-21-. The number of hydrogen-bond acceptors (Lipinski definition) is 3. The second-order valence-corrected chi connectivity index (χ2v) is 14.3. The smallest absolute Gasteiger partial charge is 0.211 e. The van der Waals surface area contributed by atoms with Crippen molar-refractivity contribution < 1.29 is 0 Å². The minimum absolute atomic E-state index is 0.0498. The molecule has 0 rings (SSSR count). The number of rotatable bonds is 36. The minimum Gasteiger partial charge on any atom is -0.369 e. The highest BCUT2D eigenvalue weighted by Crippen LogP contribution is 2.12. The van der Waals surface area contributed by atoms with Gasteiger partial charge in [0.05, 0.1) is 6.04 Å². The Hall–Kier alpha value is -2.18. The third kappa shape index (κ3) is 35.4. The van der Waals surface area contributed by atoms with Crippen LogP contribution in [0.3, 0.4) is 0 Å². The summed E-state index contributed by atoms with van der Waals surface area (Å²) in [7, 11) is 0. The topological polar surface area (TPSA) is 104 Å². The van der Waals surface area contributed by atoms with Gasteiger partial charge in [-0.3, -0.25) is 10.4 Å². The maximum Gasteiger partial charge on any atom is 0.211 e. The molecule has 0 saturated carbocycles. The quantitative estimate of drug-likeness (QED) is 0.0172. The lowest BCUT2D eigenvalue weighted by atomic mass is 10.1. The summed E-state index contributed by atoms with van der Waals surface area (Å²) >= 11 is 0. The van der Waals surface area contributed by atoms with Crippen LogP contribution in [0.25, 0.3) is 0 Å². The zero-order valence-corrected chi connectivity index (χ0v) is 33.3. The van der Waals surface area contributed by atoms with E-state index in [2.05, 4.69) is 67.8 Å². The molecule has 0 fully saturated rings. The summed E-state index contributed by atoms with van der Waals surface area (Å²) in [5.74, 6) is 0.819. The molecule has 0 aromatic rings. The predicted octanol–water partition coefficient (Wildman–Crippen LogP) is 11.8.